The lowest BCUT2D eigenvalue weighted by Gasteiger charge is -2.42. The van der Waals surface area contributed by atoms with Crippen molar-refractivity contribution >= 4 is 29.1 Å². The van der Waals surface area contributed by atoms with Crippen molar-refractivity contribution in [1.29, 1.82) is 0 Å². The first-order valence-electron chi connectivity index (χ1n) is 7.62. The number of carbonyl (C=O) groups is 3. The van der Waals surface area contributed by atoms with Gasteiger partial charge in [-0.15, -0.1) is 11.3 Å². The summed E-state index contributed by atoms with van der Waals surface area (Å²) in [6.45, 7) is 1.91. The predicted octanol–water partition coefficient (Wildman–Crippen LogP) is 2.23. The Morgan fingerprint density at radius 2 is 2.27 bits per heavy atom. The van der Waals surface area contributed by atoms with E-state index >= 15 is 0 Å². The van der Waals surface area contributed by atoms with Crippen molar-refractivity contribution in [3.63, 3.8) is 0 Å². The Morgan fingerprint density at radius 1 is 1.45 bits per heavy atom. The largest absolute Gasteiger partial charge is 0.465 e. The molecule has 0 aromatic carbocycles. The fourth-order valence-corrected chi connectivity index (χ4v) is 5.38. The highest BCUT2D eigenvalue weighted by molar-refractivity contribution is 7.12. The first kappa shape index (κ1) is 13.9. The van der Waals surface area contributed by atoms with Crippen LogP contribution in [0.1, 0.15) is 47.8 Å². The lowest BCUT2D eigenvalue weighted by atomic mass is 9.56. The number of thiophene rings is 1. The second kappa shape index (κ2) is 4.41. The van der Waals surface area contributed by atoms with E-state index in [1.54, 1.807) is 18.4 Å². The van der Waals surface area contributed by atoms with Gasteiger partial charge in [-0.05, 0) is 37.6 Å². The molecule has 2 bridgehead atoms. The third kappa shape index (κ3) is 1.33. The van der Waals surface area contributed by atoms with Gasteiger partial charge in [0.1, 0.15) is 0 Å². The highest BCUT2D eigenvalue weighted by Crippen LogP contribution is 2.60. The summed E-state index contributed by atoms with van der Waals surface area (Å²) in [6.07, 6.45) is 2.85. The molecule has 0 radical (unpaired) electrons. The van der Waals surface area contributed by atoms with Crippen LogP contribution in [-0.4, -0.2) is 29.9 Å². The Balaban J connectivity index is 2.01. The fraction of sp³-hybridized carbons (Fsp3) is 0.562. The van der Waals surface area contributed by atoms with Crippen LogP contribution in [0.5, 0.6) is 0 Å². The second-order valence-electron chi connectivity index (χ2n) is 6.10. The molecule has 5 nitrogen and oxygen atoms in total. The lowest BCUT2D eigenvalue weighted by Crippen LogP contribution is -2.57. The minimum atomic E-state index is -1.44. The Morgan fingerprint density at radius 3 is 3.05 bits per heavy atom. The first-order chi connectivity index (χ1) is 10.6. The van der Waals surface area contributed by atoms with Crippen LogP contribution in [0.3, 0.4) is 0 Å². The van der Waals surface area contributed by atoms with E-state index in [0.717, 1.165) is 12.8 Å². The molecular formula is C16H16O5S. The number of fused-ring (bicyclic) bond motifs is 2. The predicted molar refractivity (Wildman–Crippen MR) is 77.7 cm³/mol. The minimum Gasteiger partial charge on any atom is -0.465 e. The van der Waals surface area contributed by atoms with Crippen LogP contribution in [-0.2, 0) is 24.5 Å². The minimum absolute atomic E-state index is 0.132. The molecule has 22 heavy (non-hydrogen) atoms. The third-order valence-corrected chi connectivity index (χ3v) is 6.16. The van der Waals surface area contributed by atoms with Crippen LogP contribution in [0.4, 0.5) is 0 Å². The van der Waals surface area contributed by atoms with Crippen molar-refractivity contribution in [3.8, 4) is 0 Å². The van der Waals surface area contributed by atoms with Crippen LogP contribution in [0, 0.1) is 5.92 Å². The number of ketones is 1. The number of hydrogen-bond acceptors (Lipinski definition) is 6. The number of esters is 2. The number of ether oxygens (including phenoxy) is 2. The molecule has 0 unspecified atom stereocenters. The van der Waals surface area contributed by atoms with Crippen molar-refractivity contribution in [2.45, 2.75) is 43.6 Å². The van der Waals surface area contributed by atoms with Gasteiger partial charge >= 0.3 is 11.9 Å². The maximum atomic E-state index is 12.9. The molecule has 0 amide bonds. The van der Waals surface area contributed by atoms with Gasteiger partial charge < -0.3 is 9.47 Å². The lowest BCUT2D eigenvalue weighted by molar-refractivity contribution is -0.160. The summed E-state index contributed by atoms with van der Waals surface area (Å²) < 4.78 is 10.9. The summed E-state index contributed by atoms with van der Waals surface area (Å²) in [5.41, 5.74) is -2.11. The zero-order valence-corrected chi connectivity index (χ0v) is 13.0. The summed E-state index contributed by atoms with van der Waals surface area (Å²) in [7, 11) is 0. The molecule has 6 heteroatoms. The molecule has 2 heterocycles. The quantitative estimate of drug-likeness (QED) is 0.617. The van der Waals surface area contributed by atoms with Gasteiger partial charge in [0, 0.05) is 11.5 Å². The second-order valence-corrected chi connectivity index (χ2v) is 7.01. The molecule has 1 aromatic rings. The standard InChI is InChI=1S/C16H16O5S/c1-2-20-13(18)16-9-6-8-22-11(9)12(17)15(21-14(16)19)7-4-3-5-10(15)16/h6,8,10H,2-5,7H2,1H3/t10-,15+,16+/m1/s1. The molecule has 3 atom stereocenters. The van der Waals surface area contributed by atoms with Gasteiger partial charge in [0.05, 0.1) is 11.5 Å². The van der Waals surface area contributed by atoms with Gasteiger partial charge in [-0.3, -0.25) is 14.4 Å². The van der Waals surface area contributed by atoms with Gasteiger partial charge in [0.25, 0.3) is 0 Å². The zero-order chi connectivity index (χ0) is 15.5. The van der Waals surface area contributed by atoms with Gasteiger partial charge in [-0.1, -0.05) is 6.42 Å². The summed E-state index contributed by atoms with van der Waals surface area (Å²) in [5, 5.41) is 1.76. The van der Waals surface area contributed by atoms with E-state index in [4.69, 9.17) is 9.47 Å². The third-order valence-electron chi connectivity index (χ3n) is 5.25. The summed E-state index contributed by atoms with van der Waals surface area (Å²) in [5.74, 6) is -1.74. The van der Waals surface area contributed by atoms with Crippen LogP contribution >= 0.6 is 11.3 Å². The van der Waals surface area contributed by atoms with Crippen LogP contribution in [0.15, 0.2) is 11.4 Å². The monoisotopic (exact) mass is 320 g/mol. The van der Waals surface area contributed by atoms with Gasteiger partial charge in [-0.25, -0.2) is 0 Å². The molecule has 1 saturated carbocycles. The van der Waals surface area contributed by atoms with Crippen molar-refractivity contribution in [1.82, 2.24) is 0 Å². The molecule has 2 aliphatic carbocycles. The van der Waals surface area contributed by atoms with E-state index in [0.29, 0.717) is 23.3 Å². The molecule has 1 saturated heterocycles. The van der Waals surface area contributed by atoms with Crippen LogP contribution < -0.4 is 0 Å². The average molecular weight is 320 g/mol. The number of hydrogen-bond donors (Lipinski definition) is 0. The SMILES string of the molecule is CCOC(=O)[C@@]12C(=O)O[C@]3(CCCC[C@@H]13)C(=O)c1sccc12. The normalized spacial score (nSPS) is 35.6. The number of rotatable bonds is 2. The molecule has 2 fully saturated rings. The van der Waals surface area contributed by atoms with Crippen LogP contribution in [0.2, 0.25) is 0 Å². The molecule has 1 aromatic heterocycles. The Labute approximate surface area is 131 Å². The topological polar surface area (TPSA) is 69.7 Å². The van der Waals surface area contributed by atoms with Gasteiger partial charge in [0.15, 0.2) is 11.0 Å². The number of carbonyl (C=O) groups excluding carboxylic acids is 3. The highest BCUT2D eigenvalue weighted by atomic mass is 32.1. The van der Waals surface area contributed by atoms with Gasteiger partial charge in [0.2, 0.25) is 5.78 Å². The number of Topliss-reactive ketones (excluding diaryl/α,β-unsaturated/α-hetero) is 1. The van der Waals surface area contributed by atoms with E-state index in [1.807, 2.05) is 0 Å². The first-order valence-corrected chi connectivity index (χ1v) is 8.50. The molecule has 0 N–H and O–H groups in total. The average Bonchev–Trinajstić information content (AvgIpc) is 3.06. The molecular weight excluding hydrogens is 304 g/mol. The molecule has 4 rings (SSSR count). The van der Waals surface area contributed by atoms with Crippen molar-refractivity contribution in [2.75, 3.05) is 6.61 Å². The Bertz CT molecular complexity index is 692. The fourth-order valence-electron chi connectivity index (χ4n) is 4.40. The van der Waals surface area contributed by atoms with E-state index < -0.39 is 28.9 Å². The smallest absolute Gasteiger partial charge is 0.329 e. The maximum absolute atomic E-state index is 12.9. The summed E-state index contributed by atoms with van der Waals surface area (Å²) in [4.78, 5) is 39.0. The summed E-state index contributed by atoms with van der Waals surface area (Å²) in [6, 6.07) is 1.71. The Kier molecular flexibility index (Phi) is 2.79. The van der Waals surface area contributed by atoms with Crippen LogP contribution in [0.25, 0.3) is 0 Å². The van der Waals surface area contributed by atoms with Crippen molar-refractivity contribution < 1.29 is 23.9 Å². The van der Waals surface area contributed by atoms with E-state index in [2.05, 4.69) is 0 Å². The van der Waals surface area contributed by atoms with E-state index in [-0.39, 0.29) is 12.4 Å². The summed E-state index contributed by atoms with van der Waals surface area (Å²) >= 11 is 1.28. The van der Waals surface area contributed by atoms with Gasteiger partial charge in [-0.2, -0.15) is 0 Å². The van der Waals surface area contributed by atoms with Crippen molar-refractivity contribution in [3.05, 3.63) is 21.9 Å². The molecule has 116 valence electrons. The Hall–Kier alpha value is -1.69. The van der Waals surface area contributed by atoms with E-state index in [9.17, 15) is 14.4 Å². The highest BCUT2D eigenvalue weighted by Gasteiger charge is 2.76. The van der Waals surface area contributed by atoms with Crippen molar-refractivity contribution in [2.24, 2.45) is 5.92 Å². The van der Waals surface area contributed by atoms with E-state index in [1.165, 1.54) is 11.3 Å². The maximum Gasteiger partial charge on any atom is 0.329 e. The molecule has 3 aliphatic rings. The molecule has 1 aliphatic heterocycles. The zero-order valence-electron chi connectivity index (χ0n) is 12.2. The molecule has 0 spiro atoms.